The number of rotatable bonds is 5. The van der Waals surface area contributed by atoms with Crippen molar-refractivity contribution in [1.82, 2.24) is 19.4 Å². The van der Waals surface area contributed by atoms with Crippen molar-refractivity contribution in [3.05, 3.63) is 112 Å². The van der Waals surface area contributed by atoms with Gasteiger partial charge in [0.05, 0.1) is 17.6 Å². The van der Waals surface area contributed by atoms with Gasteiger partial charge < -0.3 is 9.47 Å². The van der Waals surface area contributed by atoms with E-state index in [1.54, 1.807) is 11.5 Å². The van der Waals surface area contributed by atoms with Gasteiger partial charge in [-0.15, -0.1) is 0 Å². The molecule has 1 fully saturated rings. The molecule has 0 radical (unpaired) electrons. The number of fused-ring (bicyclic) bond motifs is 1. The maximum absolute atomic E-state index is 13.1. The summed E-state index contributed by atoms with van der Waals surface area (Å²) in [5.74, 6) is 0.0632. The van der Waals surface area contributed by atoms with Gasteiger partial charge in [0.2, 0.25) is 0 Å². The lowest BCUT2D eigenvalue weighted by Gasteiger charge is -2.34. The highest BCUT2D eigenvalue weighted by atomic mass is 16.2. The molecule has 1 saturated heterocycles. The van der Waals surface area contributed by atoms with E-state index >= 15 is 0 Å². The zero-order valence-corrected chi connectivity index (χ0v) is 19.4. The largest absolute Gasteiger partial charge is 0.336 e. The minimum absolute atomic E-state index is 0.0632. The Bertz CT molecular complexity index is 1360. The lowest BCUT2D eigenvalue weighted by Crippen LogP contribution is -2.48. The van der Waals surface area contributed by atoms with E-state index in [0.29, 0.717) is 17.8 Å². The van der Waals surface area contributed by atoms with Crippen molar-refractivity contribution in [1.29, 1.82) is 0 Å². The number of amides is 1. The highest BCUT2D eigenvalue weighted by Crippen LogP contribution is 2.15. The summed E-state index contributed by atoms with van der Waals surface area (Å²) in [5, 5.41) is 0. The number of aryl methyl sites for hydroxylation is 1. The summed E-state index contributed by atoms with van der Waals surface area (Å²) in [7, 11) is 0. The Labute approximate surface area is 199 Å². The zero-order valence-electron chi connectivity index (χ0n) is 19.4. The number of aromatic nitrogens is 2. The summed E-state index contributed by atoms with van der Waals surface area (Å²) in [4.78, 5) is 34.5. The van der Waals surface area contributed by atoms with E-state index in [9.17, 15) is 9.59 Å². The van der Waals surface area contributed by atoms with Gasteiger partial charge >= 0.3 is 0 Å². The predicted octanol–water partition coefficient (Wildman–Crippen LogP) is 3.71. The molecule has 172 valence electrons. The molecule has 5 rings (SSSR count). The summed E-state index contributed by atoms with van der Waals surface area (Å²) in [5.41, 5.74) is 4.97. The molecule has 1 aliphatic heterocycles. The van der Waals surface area contributed by atoms with Crippen molar-refractivity contribution >= 4 is 16.9 Å². The molecule has 2 heterocycles. The van der Waals surface area contributed by atoms with E-state index in [1.807, 2.05) is 59.5 Å². The molecule has 3 aromatic carbocycles. The zero-order chi connectivity index (χ0) is 23.5. The number of piperazine rings is 1. The van der Waals surface area contributed by atoms with Crippen LogP contribution in [0.2, 0.25) is 0 Å². The number of carbonyl (C=O) groups is 1. The molecule has 0 bridgehead atoms. The van der Waals surface area contributed by atoms with Gasteiger partial charge in [-0.3, -0.25) is 14.5 Å². The molecule has 6 heteroatoms. The van der Waals surface area contributed by atoms with Crippen LogP contribution in [0.3, 0.4) is 0 Å². The summed E-state index contributed by atoms with van der Waals surface area (Å²) in [6.07, 6.45) is 0. The second kappa shape index (κ2) is 9.61. The molecule has 34 heavy (non-hydrogen) atoms. The number of nitrogens with zero attached hydrogens (tertiary/aromatic N) is 4. The molecule has 1 aromatic heterocycles. The average molecular weight is 453 g/mol. The maximum atomic E-state index is 13.1. The summed E-state index contributed by atoms with van der Waals surface area (Å²) >= 11 is 0. The Morgan fingerprint density at radius 3 is 2.18 bits per heavy atom. The molecule has 1 amide bonds. The summed E-state index contributed by atoms with van der Waals surface area (Å²) < 4.78 is 1.75. The minimum Gasteiger partial charge on any atom is -0.336 e. The molecule has 4 aromatic rings. The number of para-hydroxylation sites is 2. The first-order valence-corrected chi connectivity index (χ1v) is 11.7. The molecular weight excluding hydrogens is 424 g/mol. The third-order valence-electron chi connectivity index (χ3n) is 6.47. The lowest BCUT2D eigenvalue weighted by atomic mass is 10.1. The third-order valence-corrected chi connectivity index (χ3v) is 6.47. The van der Waals surface area contributed by atoms with Crippen LogP contribution in [0.15, 0.2) is 83.7 Å². The van der Waals surface area contributed by atoms with E-state index in [0.717, 1.165) is 49.3 Å². The van der Waals surface area contributed by atoms with Crippen molar-refractivity contribution < 1.29 is 4.79 Å². The molecule has 1 aliphatic rings. The first-order valence-electron chi connectivity index (χ1n) is 11.7. The Hall–Kier alpha value is -3.77. The monoisotopic (exact) mass is 452 g/mol. The van der Waals surface area contributed by atoms with Crippen molar-refractivity contribution in [2.24, 2.45) is 0 Å². The van der Waals surface area contributed by atoms with Crippen LogP contribution in [0.5, 0.6) is 0 Å². The second-order valence-corrected chi connectivity index (χ2v) is 8.83. The smallest absolute Gasteiger partial charge is 0.272 e. The van der Waals surface area contributed by atoms with Crippen LogP contribution < -0.4 is 5.56 Å². The van der Waals surface area contributed by atoms with E-state index in [-0.39, 0.29) is 11.5 Å². The van der Waals surface area contributed by atoms with Crippen LogP contribution in [0, 0.1) is 6.92 Å². The van der Waals surface area contributed by atoms with Crippen molar-refractivity contribution in [3.8, 4) is 0 Å². The van der Waals surface area contributed by atoms with Crippen molar-refractivity contribution in [3.63, 3.8) is 0 Å². The van der Waals surface area contributed by atoms with Crippen molar-refractivity contribution in [2.75, 3.05) is 26.2 Å². The van der Waals surface area contributed by atoms with E-state index in [1.165, 1.54) is 5.56 Å². The number of carbonyl (C=O) groups excluding carboxylic acids is 1. The molecule has 6 nitrogen and oxygen atoms in total. The third kappa shape index (κ3) is 4.63. The minimum atomic E-state index is -0.0905. The highest BCUT2D eigenvalue weighted by molar-refractivity contribution is 5.94. The normalized spacial score (nSPS) is 14.4. The molecule has 0 unspecified atom stereocenters. The van der Waals surface area contributed by atoms with Gasteiger partial charge in [-0.05, 0) is 42.3 Å². The van der Waals surface area contributed by atoms with Gasteiger partial charge in [-0.25, -0.2) is 4.98 Å². The van der Waals surface area contributed by atoms with E-state index < -0.39 is 0 Å². The SMILES string of the molecule is Cc1nc2ccccc2n(Cc2ccc(C(=O)N3CCN(Cc4ccccc4)CC3)cc2)c1=O. The average Bonchev–Trinajstić information content (AvgIpc) is 2.88. The molecule has 0 saturated carbocycles. The van der Waals surface area contributed by atoms with Crippen molar-refractivity contribution in [2.45, 2.75) is 20.0 Å². The molecular formula is C28H28N4O2. The van der Waals surface area contributed by atoms with Gasteiger partial charge in [0.25, 0.3) is 11.5 Å². The van der Waals surface area contributed by atoms with Crippen LogP contribution in [0.1, 0.15) is 27.2 Å². The van der Waals surface area contributed by atoms with Gasteiger partial charge in [-0.1, -0.05) is 54.6 Å². The molecule has 0 aliphatic carbocycles. The van der Waals surface area contributed by atoms with Gasteiger partial charge in [-0.2, -0.15) is 0 Å². The number of hydrogen-bond acceptors (Lipinski definition) is 4. The maximum Gasteiger partial charge on any atom is 0.272 e. The second-order valence-electron chi connectivity index (χ2n) is 8.83. The Morgan fingerprint density at radius 1 is 0.794 bits per heavy atom. The topological polar surface area (TPSA) is 58.4 Å². The van der Waals surface area contributed by atoms with E-state index in [4.69, 9.17) is 0 Å². The fourth-order valence-electron chi connectivity index (χ4n) is 4.55. The number of hydrogen-bond donors (Lipinski definition) is 0. The summed E-state index contributed by atoms with van der Waals surface area (Å²) in [6, 6.07) is 25.7. The highest BCUT2D eigenvalue weighted by Gasteiger charge is 2.22. The first-order chi connectivity index (χ1) is 16.6. The fraction of sp³-hybridized carbons (Fsp3) is 0.250. The first kappa shape index (κ1) is 22.0. The summed E-state index contributed by atoms with van der Waals surface area (Å²) in [6.45, 7) is 6.30. The van der Waals surface area contributed by atoms with Gasteiger partial charge in [0.15, 0.2) is 0 Å². The van der Waals surface area contributed by atoms with Crippen LogP contribution in [-0.4, -0.2) is 51.4 Å². The predicted molar refractivity (Wildman–Crippen MR) is 134 cm³/mol. The van der Waals surface area contributed by atoms with Crippen LogP contribution >= 0.6 is 0 Å². The fourth-order valence-corrected chi connectivity index (χ4v) is 4.55. The Kier molecular flexibility index (Phi) is 6.23. The molecule has 0 atom stereocenters. The quantitative estimate of drug-likeness (QED) is 0.463. The van der Waals surface area contributed by atoms with Crippen LogP contribution in [0.4, 0.5) is 0 Å². The lowest BCUT2D eigenvalue weighted by molar-refractivity contribution is 0.0628. The standard InChI is InChI=1S/C28H28N4O2/c1-21-27(33)32(26-10-6-5-9-25(26)29-21)20-23-11-13-24(14-12-23)28(34)31-17-15-30(16-18-31)19-22-7-3-2-4-8-22/h2-14H,15-20H2,1H3. The Morgan fingerprint density at radius 2 is 1.44 bits per heavy atom. The van der Waals surface area contributed by atoms with Gasteiger partial charge in [0, 0.05) is 38.3 Å². The van der Waals surface area contributed by atoms with Crippen LogP contribution in [0.25, 0.3) is 11.0 Å². The van der Waals surface area contributed by atoms with Crippen LogP contribution in [-0.2, 0) is 13.1 Å². The molecule has 0 spiro atoms. The van der Waals surface area contributed by atoms with Gasteiger partial charge in [0.1, 0.15) is 5.69 Å². The van der Waals surface area contributed by atoms with E-state index in [2.05, 4.69) is 34.1 Å². The number of benzene rings is 3. The molecule has 0 N–H and O–H groups in total. The Balaban J connectivity index is 1.25.